The number of quaternary nitrogens is 1. The van der Waals surface area contributed by atoms with Gasteiger partial charge in [0.2, 0.25) is 0 Å². The Morgan fingerprint density at radius 2 is 1.09 bits per heavy atom. The van der Waals surface area contributed by atoms with Crippen molar-refractivity contribution in [1.82, 2.24) is 0 Å². The normalized spacial score (nSPS) is 15.1. The first-order valence-electron chi connectivity index (χ1n) is 14.7. The van der Waals surface area contributed by atoms with Crippen LogP contribution in [0.15, 0.2) is 12.2 Å². The lowest BCUT2D eigenvalue weighted by atomic mass is 10.0. The molecular weight excluding hydrogens is 441 g/mol. The molecule has 4 nitrogen and oxygen atoms in total. The van der Waals surface area contributed by atoms with E-state index in [0.29, 0.717) is 17.5 Å². The molecule has 1 N–H and O–H groups in total. The zero-order valence-corrected chi connectivity index (χ0v) is 24.6. The fourth-order valence-electron chi connectivity index (χ4n) is 4.59. The maximum absolute atomic E-state index is 12.7. The molecule has 0 saturated carbocycles. The van der Waals surface area contributed by atoms with Gasteiger partial charge in [-0.05, 0) is 32.1 Å². The molecule has 0 rings (SSSR count). The summed E-state index contributed by atoms with van der Waals surface area (Å²) < 4.78 is 18.6. The van der Waals surface area contributed by atoms with Gasteiger partial charge in [-0.1, -0.05) is 116 Å². The molecule has 0 radical (unpaired) electrons. The van der Waals surface area contributed by atoms with Gasteiger partial charge < -0.3 is 13.9 Å². The Balaban J connectivity index is 3.45. The van der Waals surface area contributed by atoms with Crippen LogP contribution in [0, 0.1) is 0 Å². The van der Waals surface area contributed by atoms with Gasteiger partial charge in [-0.2, -0.15) is 0 Å². The minimum atomic E-state index is -3.57. The van der Waals surface area contributed by atoms with Crippen LogP contribution in [0.3, 0.4) is 0 Å². The molecule has 0 aliphatic heterocycles. The van der Waals surface area contributed by atoms with Gasteiger partial charge in [0.15, 0.2) is 5.78 Å². The third-order valence-corrected chi connectivity index (χ3v) is 8.99. The first-order valence-corrected chi connectivity index (χ1v) is 16.3. The van der Waals surface area contributed by atoms with Crippen LogP contribution in [0.5, 0.6) is 0 Å². The molecule has 0 aromatic heterocycles. The van der Waals surface area contributed by atoms with Crippen molar-refractivity contribution in [2.45, 2.75) is 148 Å². The second-order valence-corrected chi connectivity index (χ2v) is 13.1. The molecule has 5 heteroatoms. The molecule has 0 bridgehead atoms. The van der Waals surface area contributed by atoms with Crippen molar-refractivity contribution < 1.29 is 18.5 Å². The zero-order chi connectivity index (χ0) is 25.5. The van der Waals surface area contributed by atoms with Crippen LogP contribution in [-0.4, -0.2) is 42.9 Å². The third kappa shape index (κ3) is 20.1. The average Bonchev–Trinajstić information content (AvgIpc) is 2.77. The summed E-state index contributed by atoms with van der Waals surface area (Å²) in [6.07, 6.45) is 29.9. The number of nitrogens with zero attached hydrogens (tertiary/aromatic N) is 1. The summed E-state index contributed by atoms with van der Waals surface area (Å²) in [5, 5.41) is 0. The van der Waals surface area contributed by atoms with Crippen molar-refractivity contribution in [3.05, 3.63) is 12.2 Å². The Morgan fingerprint density at radius 3 is 1.50 bits per heavy atom. The number of allylic oxidation sites excluding steroid dienone is 2. The lowest BCUT2D eigenvalue weighted by Gasteiger charge is -2.35. The quantitative estimate of drug-likeness (QED) is 0.0585. The highest BCUT2D eigenvalue weighted by atomic mass is 31.2. The number of hydrogen-bond acceptors (Lipinski definition) is 2. The second kappa shape index (κ2) is 22.1. The van der Waals surface area contributed by atoms with Crippen LogP contribution >= 0.6 is 7.60 Å². The fourth-order valence-corrected chi connectivity index (χ4v) is 6.62. The lowest BCUT2D eigenvalue weighted by Crippen LogP contribution is -2.45. The highest BCUT2D eigenvalue weighted by Gasteiger charge is 2.41. The Bertz CT molecular complexity index is 516. The van der Waals surface area contributed by atoms with Crippen molar-refractivity contribution in [2.75, 3.05) is 27.7 Å². The molecular formula is C29H61NO3P+. The molecule has 0 aliphatic rings. The summed E-state index contributed by atoms with van der Waals surface area (Å²) >= 11 is 0. The van der Waals surface area contributed by atoms with Crippen LogP contribution in [0.4, 0.5) is 0 Å². The van der Waals surface area contributed by atoms with E-state index in [0.717, 1.165) is 19.3 Å². The van der Waals surface area contributed by atoms with Crippen molar-refractivity contribution in [3.8, 4) is 0 Å². The van der Waals surface area contributed by atoms with Crippen molar-refractivity contribution >= 4 is 7.60 Å². The predicted molar refractivity (Wildman–Crippen MR) is 150 cm³/mol. The molecule has 0 aromatic rings. The Morgan fingerprint density at radius 1 is 0.676 bits per heavy atom. The number of unbranched alkanes of at least 4 members (excludes halogenated alkanes) is 16. The Kier molecular flexibility index (Phi) is 22.0. The highest BCUT2D eigenvalue weighted by molar-refractivity contribution is 7.53. The van der Waals surface area contributed by atoms with Crippen molar-refractivity contribution in [1.29, 1.82) is 0 Å². The summed E-state index contributed by atoms with van der Waals surface area (Å²) in [6.45, 7) is 4.70. The summed E-state index contributed by atoms with van der Waals surface area (Å²) in [4.78, 5) is 10.4. The maximum atomic E-state index is 12.7. The minimum absolute atomic E-state index is 0.333. The largest absolute Gasteiger partial charge is 0.385 e. The van der Waals surface area contributed by atoms with E-state index >= 15 is 0 Å². The standard InChI is InChI=1S/C29H60NO3P/c1-6-8-9-10-11-12-13-14-15-16-17-18-19-20-21-22-23-24-25-26-28-33-34(31,32)29(27-7-2)30(3,4)5/h9-10,29H,6-8,11-28H2,1-5H3/p+1/b10-9-. The monoisotopic (exact) mass is 502 g/mol. The second-order valence-electron chi connectivity index (χ2n) is 11.1. The fraction of sp³-hybridized carbons (Fsp3) is 0.931. The van der Waals surface area contributed by atoms with Crippen LogP contribution in [0.25, 0.3) is 0 Å². The maximum Gasteiger partial charge on any atom is 0.385 e. The summed E-state index contributed by atoms with van der Waals surface area (Å²) in [5.41, 5.74) is 0. The van der Waals surface area contributed by atoms with E-state index in [1.807, 2.05) is 21.1 Å². The number of hydrogen-bond donors (Lipinski definition) is 1. The van der Waals surface area contributed by atoms with E-state index in [2.05, 4.69) is 26.0 Å². The minimum Gasteiger partial charge on any atom is -0.320 e. The van der Waals surface area contributed by atoms with Gasteiger partial charge in [0, 0.05) is 6.42 Å². The van der Waals surface area contributed by atoms with Gasteiger partial charge in [0.05, 0.1) is 27.7 Å². The number of rotatable bonds is 25. The topological polar surface area (TPSA) is 46.5 Å². The van der Waals surface area contributed by atoms with Gasteiger partial charge in [-0.15, -0.1) is 0 Å². The molecule has 0 aromatic carbocycles. The van der Waals surface area contributed by atoms with Gasteiger partial charge in [-0.3, -0.25) is 4.57 Å². The van der Waals surface area contributed by atoms with Crippen molar-refractivity contribution in [2.24, 2.45) is 0 Å². The molecule has 0 saturated heterocycles. The molecule has 2 unspecified atom stereocenters. The smallest absolute Gasteiger partial charge is 0.320 e. The van der Waals surface area contributed by atoms with Crippen LogP contribution in [0.1, 0.15) is 142 Å². The van der Waals surface area contributed by atoms with Crippen LogP contribution in [0.2, 0.25) is 0 Å². The van der Waals surface area contributed by atoms with E-state index < -0.39 is 7.60 Å². The van der Waals surface area contributed by atoms with E-state index in [1.165, 1.54) is 103 Å². The summed E-state index contributed by atoms with van der Waals surface area (Å²) in [7, 11) is 2.36. The molecule has 2 atom stereocenters. The first kappa shape index (κ1) is 33.8. The van der Waals surface area contributed by atoms with Crippen LogP contribution < -0.4 is 0 Å². The van der Waals surface area contributed by atoms with E-state index in [4.69, 9.17) is 4.52 Å². The Labute approximate surface area is 214 Å². The van der Waals surface area contributed by atoms with E-state index in [-0.39, 0.29) is 5.78 Å². The first-order chi connectivity index (χ1) is 16.3. The van der Waals surface area contributed by atoms with Gasteiger partial charge in [0.1, 0.15) is 0 Å². The highest BCUT2D eigenvalue weighted by Crippen LogP contribution is 2.51. The predicted octanol–water partition coefficient (Wildman–Crippen LogP) is 9.62. The molecule has 0 heterocycles. The molecule has 0 fully saturated rings. The summed E-state index contributed by atoms with van der Waals surface area (Å²) in [5.74, 6) is -0.333. The molecule has 0 spiro atoms. The van der Waals surface area contributed by atoms with Crippen molar-refractivity contribution in [3.63, 3.8) is 0 Å². The molecule has 34 heavy (non-hydrogen) atoms. The molecule has 204 valence electrons. The average molecular weight is 503 g/mol. The third-order valence-electron chi connectivity index (χ3n) is 6.73. The zero-order valence-electron chi connectivity index (χ0n) is 23.7. The lowest BCUT2D eigenvalue weighted by molar-refractivity contribution is -0.883. The van der Waals surface area contributed by atoms with Crippen LogP contribution in [-0.2, 0) is 9.09 Å². The molecule has 0 aliphatic carbocycles. The van der Waals surface area contributed by atoms with Gasteiger partial charge >= 0.3 is 7.60 Å². The van der Waals surface area contributed by atoms with Gasteiger partial charge in [-0.25, -0.2) is 0 Å². The summed E-state index contributed by atoms with van der Waals surface area (Å²) in [6, 6.07) is 0. The SMILES string of the molecule is CCC/C=C\CCCCCCCCCCCCCCCCCOP(=O)(O)C(CCC)[N+](C)(C)C. The molecule has 0 amide bonds. The van der Waals surface area contributed by atoms with E-state index in [9.17, 15) is 9.46 Å². The Hall–Kier alpha value is -0.150. The van der Waals surface area contributed by atoms with Gasteiger partial charge in [0.25, 0.3) is 0 Å². The van der Waals surface area contributed by atoms with E-state index in [1.54, 1.807) is 0 Å².